The standard InChI is InChI=1S/C28H26ClN5O/c29-24-11-5-6-12-25(24)32-15-17-33(18-16-32)27-23-10-4-3-9-22(23)26(30-31-27)28(35)34-14-13-20-7-1-2-8-21(20)19-34/h1-12H,13-19H2. The number of rotatable bonds is 3. The van der Waals surface area contributed by atoms with Gasteiger partial charge in [0.25, 0.3) is 5.91 Å². The molecule has 0 bridgehead atoms. The number of hydrogen-bond donors (Lipinski definition) is 0. The lowest BCUT2D eigenvalue weighted by atomic mass is 9.99. The number of anilines is 2. The van der Waals surface area contributed by atoms with Gasteiger partial charge in [0.1, 0.15) is 0 Å². The fourth-order valence-electron chi connectivity index (χ4n) is 5.17. The molecule has 6 rings (SSSR count). The Morgan fingerprint density at radius 2 is 1.37 bits per heavy atom. The Bertz CT molecular complexity index is 1400. The van der Waals surface area contributed by atoms with E-state index in [4.69, 9.17) is 11.6 Å². The van der Waals surface area contributed by atoms with Gasteiger partial charge >= 0.3 is 0 Å². The number of piperazine rings is 1. The first-order valence-corrected chi connectivity index (χ1v) is 12.4. The Kier molecular flexibility index (Phi) is 5.74. The first-order valence-electron chi connectivity index (χ1n) is 12.0. The average Bonchev–Trinajstić information content (AvgIpc) is 2.92. The van der Waals surface area contributed by atoms with Crippen LogP contribution in [0.3, 0.4) is 0 Å². The second-order valence-electron chi connectivity index (χ2n) is 9.09. The summed E-state index contributed by atoms with van der Waals surface area (Å²) in [6, 6.07) is 24.3. The van der Waals surface area contributed by atoms with Crippen molar-refractivity contribution in [3.63, 3.8) is 0 Å². The van der Waals surface area contributed by atoms with E-state index in [2.05, 4.69) is 44.3 Å². The maximum atomic E-state index is 13.5. The van der Waals surface area contributed by atoms with Crippen LogP contribution in [-0.2, 0) is 13.0 Å². The SMILES string of the molecule is O=C(c1nnc(N2CCN(c3ccccc3Cl)CC2)c2ccccc12)N1CCc2ccccc2C1. The van der Waals surface area contributed by atoms with E-state index in [0.29, 0.717) is 18.8 Å². The number of carbonyl (C=O) groups is 1. The third kappa shape index (κ3) is 4.08. The molecule has 0 spiro atoms. The van der Waals surface area contributed by atoms with Gasteiger partial charge in [-0.2, -0.15) is 0 Å². The molecular weight excluding hydrogens is 458 g/mol. The van der Waals surface area contributed by atoms with Crippen LogP contribution in [0.2, 0.25) is 5.02 Å². The summed E-state index contributed by atoms with van der Waals surface area (Å²) in [6.07, 6.45) is 0.862. The third-order valence-electron chi connectivity index (χ3n) is 7.06. The maximum Gasteiger partial charge on any atom is 0.275 e. The van der Waals surface area contributed by atoms with Gasteiger partial charge < -0.3 is 14.7 Å². The molecule has 176 valence electrons. The molecule has 1 saturated heterocycles. The van der Waals surface area contributed by atoms with Crippen molar-refractivity contribution < 1.29 is 4.79 Å². The normalized spacial score (nSPS) is 15.9. The Morgan fingerprint density at radius 1 is 0.714 bits per heavy atom. The number of nitrogens with zero attached hydrogens (tertiary/aromatic N) is 5. The van der Waals surface area contributed by atoms with Gasteiger partial charge in [-0.25, -0.2) is 0 Å². The summed E-state index contributed by atoms with van der Waals surface area (Å²) in [5.41, 5.74) is 4.02. The van der Waals surface area contributed by atoms with Crippen LogP contribution in [0.1, 0.15) is 21.6 Å². The van der Waals surface area contributed by atoms with E-state index < -0.39 is 0 Å². The highest BCUT2D eigenvalue weighted by atomic mass is 35.5. The number of benzene rings is 3. The Hall–Kier alpha value is -3.64. The van der Waals surface area contributed by atoms with Gasteiger partial charge in [0, 0.05) is 50.0 Å². The predicted octanol–water partition coefficient (Wildman–Crippen LogP) is 4.81. The monoisotopic (exact) mass is 483 g/mol. The summed E-state index contributed by atoms with van der Waals surface area (Å²) in [6.45, 7) is 4.59. The van der Waals surface area contributed by atoms with Crippen molar-refractivity contribution in [3.05, 3.63) is 94.6 Å². The molecule has 0 atom stereocenters. The van der Waals surface area contributed by atoms with Crippen molar-refractivity contribution in [1.29, 1.82) is 0 Å². The van der Waals surface area contributed by atoms with Crippen LogP contribution < -0.4 is 9.80 Å². The largest absolute Gasteiger partial charge is 0.367 e. The average molecular weight is 484 g/mol. The van der Waals surface area contributed by atoms with Gasteiger partial charge in [-0.1, -0.05) is 72.3 Å². The van der Waals surface area contributed by atoms with Gasteiger partial charge in [-0.15, -0.1) is 10.2 Å². The number of halogens is 1. The van der Waals surface area contributed by atoms with Gasteiger partial charge in [0.15, 0.2) is 11.5 Å². The topological polar surface area (TPSA) is 52.6 Å². The van der Waals surface area contributed by atoms with Crippen LogP contribution in [0.15, 0.2) is 72.8 Å². The van der Waals surface area contributed by atoms with Crippen LogP contribution in [0.25, 0.3) is 10.8 Å². The fourth-order valence-corrected chi connectivity index (χ4v) is 5.42. The summed E-state index contributed by atoms with van der Waals surface area (Å²) in [5, 5.41) is 11.7. The van der Waals surface area contributed by atoms with Crippen molar-refractivity contribution >= 4 is 39.8 Å². The lowest BCUT2D eigenvalue weighted by Gasteiger charge is -2.37. The highest BCUT2D eigenvalue weighted by molar-refractivity contribution is 6.33. The Balaban J connectivity index is 1.26. The van der Waals surface area contributed by atoms with Crippen LogP contribution in [0.5, 0.6) is 0 Å². The van der Waals surface area contributed by atoms with Crippen LogP contribution in [0.4, 0.5) is 11.5 Å². The van der Waals surface area contributed by atoms with E-state index in [1.165, 1.54) is 11.1 Å². The molecule has 4 aromatic rings. The third-order valence-corrected chi connectivity index (χ3v) is 7.38. The summed E-state index contributed by atoms with van der Waals surface area (Å²) < 4.78 is 0. The molecule has 0 radical (unpaired) electrons. The first-order chi connectivity index (χ1) is 17.2. The van der Waals surface area contributed by atoms with Crippen molar-refractivity contribution in [2.75, 3.05) is 42.5 Å². The van der Waals surface area contributed by atoms with Gasteiger partial charge in [-0.3, -0.25) is 4.79 Å². The molecule has 35 heavy (non-hydrogen) atoms. The Labute approximate surface area is 209 Å². The molecule has 1 fully saturated rings. The first kappa shape index (κ1) is 21.9. The number of fused-ring (bicyclic) bond motifs is 2. The van der Waals surface area contributed by atoms with Crippen LogP contribution in [-0.4, -0.2) is 53.7 Å². The minimum atomic E-state index is -0.0571. The lowest BCUT2D eigenvalue weighted by molar-refractivity contribution is 0.0730. The highest BCUT2D eigenvalue weighted by Crippen LogP contribution is 2.31. The molecule has 0 N–H and O–H groups in total. The van der Waals surface area contributed by atoms with Crippen molar-refractivity contribution in [2.45, 2.75) is 13.0 Å². The summed E-state index contributed by atoms with van der Waals surface area (Å²) in [4.78, 5) is 20.0. The van der Waals surface area contributed by atoms with E-state index >= 15 is 0 Å². The van der Waals surface area contributed by atoms with Crippen molar-refractivity contribution in [2.24, 2.45) is 0 Å². The molecule has 0 unspecified atom stereocenters. The quantitative estimate of drug-likeness (QED) is 0.418. The molecule has 2 aliphatic rings. The van der Waals surface area contributed by atoms with E-state index in [1.807, 2.05) is 53.4 Å². The van der Waals surface area contributed by atoms with E-state index in [1.54, 1.807) is 0 Å². The number of amides is 1. The summed E-state index contributed by atoms with van der Waals surface area (Å²) >= 11 is 6.41. The number of carbonyl (C=O) groups excluding carboxylic acids is 1. The molecule has 6 nitrogen and oxygen atoms in total. The smallest absolute Gasteiger partial charge is 0.275 e. The van der Waals surface area contributed by atoms with Crippen LogP contribution >= 0.6 is 11.6 Å². The fraction of sp³-hybridized carbons (Fsp3) is 0.250. The summed E-state index contributed by atoms with van der Waals surface area (Å²) in [7, 11) is 0. The number of aromatic nitrogens is 2. The Morgan fingerprint density at radius 3 is 2.17 bits per heavy atom. The van der Waals surface area contributed by atoms with Gasteiger partial charge in [-0.05, 0) is 29.7 Å². The van der Waals surface area contributed by atoms with Crippen LogP contribution in [0, 0.1) is 0 Å². The molecule has 0 saturated carbocycles. The van der Waals surface area contributed by atoms with E-state index in [9.17, 15) is 4.79 Å². The molecule has 3 aromatic carbocycles. The minimum absolute atomic E-state index is 0.0571. The number of hydrogen-bond acceptors (Lipinski definition) is 5. The molecule has 0 aliphatic carbocycles. The molecular formula is C28H26ClN5O. The molecule has 3 heterocycles. The molecule has 1 amide bonds. The van der Waals surface area contributed by atoms with Crippen molar-refractivity contribution in [1.82, 2.24) is 15.1 Å². The highest BCUT2D eigenvalue weighted by Gasteiger charge is 2.27. The van der Waals surface area contributed by atoms with Crippen molar-refractivity contribution in [3.8, 4) is 0 Å². The zero-order valence-electron chi connectivity index (χ0n) is 19.4. The second kappa shape index (κ2) is 9.19. The molecule has 1 aromatic heterocycles. The zero-order valence-corrected chi connectivity index (χ0v) is 20.2. The van der Waals surface area contributed by atoms with Gasteiger partial charge in [0.2, 0.25) is 0 Å². The summed E-state index contributed by atoms with van der Waals surface area (Å²) in [5.74, 6) is 0.776. The predicted molar refractivity (Wildman–Crippen MR) is 140 cm³/mol. The van der Waals surface area contributed by atoms with E-state index in [0.717, 1.165) is 59.9 Å². The zero-order chi connectivity index (χ0) is 23.8. The van der Waals surface area contributed by atoms with E-state index in [-0.39, 0.29) is 5.91 Å². The number of para-hydroxylation sites is 1. The second-order valence-corrected chi connectivity index (χ2v) is 9.50. The molecule has 2 aliphatic heterocycles. The van der Waals surface area contributed by atoms with Gasteiger partial charge in [0.05, 0.1) is 10.7 Å². The minimum Gasteiger partial charge on any atom is -0.367 e. The maximum absolute atomic E-state index is 13.5. The lowest BCUT2D eigenvalue weighted by Crippen LogP contribution is -2.47. The molecule has 7 heteroatoms.